The Morgan fingerprint density at radius 2 is 1.37 bits per heavy atom. The highest BCUT2D eigenvalue weighted by molar-refractivity contribution is 6.72. The van der Waals surface area contributed by atoms with E-state index in [4.69, 9.17) is 14.2 Å². The summed E-state index contributed by atoms with van der Waals surface area (Å²) in [6.45, 7) is 4.79. The molecule has 12 nitrogen and oxygen atoms in total. The molecule has 9 rings (SSSR count). The lowest BCUT2D eigenvalue weighted by Crippen LogP contribution is -2.45. The maximum absolute atomic E-state index is 16.9. The number of carbonyl (C=O) groups excluding carboxylic acids is 4. The second-order valence-corrected chi connectivity index (χ2v) is 20.5. The van der Waals surface area contributed by atoms with Crippen molar-refractivity contribution in [3.63, 3.8) is 0 Å². The van der Waals surface area contributed by atoms with Crippen LogP contribution >= 0.6 is 0 Å². The number of aliphatic hydroxyl groups excluding tert-OH is 1. The van der Waals surface area contributed by atoms with Gasteiger partial charge in [0.25, 0.3) is 17.7 Å². The van der Waals surface area contributed by atoms with Crippen LogP contribution in [0.15, 0.2) is 121 Å². The number of carbonyl (C=O) groups is 4. The molecular formula is C48H47FN4O8Si. The number of ether oxygens (including phenoxy) is 3. The smallest absolute Gasteiger partial charge is 0.269 e. The van der Waals surface area contributed by atoms with Gasteiger partial charge in [0.15, 0.2) is 18.8 Å². The van der Waals surface area contributed by atoms with Gasteiger partial charge in [-0.15, -0.1) is 0 Å². The van der Waals surface area contributed by atoms with Crippen molar-refractivity contribution >= 4 is 60.5 Å². The Morgan fingerprint density at radius 3 is 2.00 bits per heavy atom. The molecule has 1 spiro atoms. The van der Waals surface area contributed by atoms with Crippen molar-refractivity contribution in [2.75, 3.05) is 41.1 Å². The molecule has 318 valence electrons. The van der Waals surface area contributed by atoms with Gasteiger partial charge in [-0.1, -0.05) is 73.7 Å². The molecule has 1 fully saturated rings. The number of para-hydroxylation sites is 4. The standard InChI is InChI=1S/C48H47FN4O8Si/c1-31-46(62(2,3)49)42(26-43(55)50(22-23-54)27-32-12-5-4-6-13-32)61-48(31)36-25-35(53-39-17-8-10-19-41(39)60-30-45(53)57)20-21-37(36)51(47(48)58)28-33-14-11-15-34(24-33)52-38-16-7-9-18-40(38)59-29-44(52)56/h4-21,24-25,31,42,46,54H,22-23,26-30H2,1-3H3/t31-,42+,46-,48+/m1/s1. The number of hydrogen-bond donors (Lipinski definition) is 1. The van der Waals surface area contributed by atoms with E-state index in [9.17, 15) is 19.5 Å². The molecule has 5 aromatic carbocycles. The molecule has 0 unspecified atom stereocenters. The molecule has 0 bridgehead atoms. The monoisotopic (exact) mass is 854 g/mol. The second kappa shape index (κ2) is 16.2. The third-order valence-electron chi connectivity index (χ3n) is 12.4. The van der Waals surface area contributed by atoms with Gasteiger partial charge in [0.2, 0.25) is 14.3 Å². The molecule has 1 N–H and O–H groups in total. The minimum atomic E-state index is -3.70. The van der Waals surface area contributed by atoms with E-state index in [2.05, 4.69) is 0 Å². The van der Waals surface area contributed by atoms with Gasteiger partial charge in [0, 0.05) is 41.5 Å². The summed E-state index contributed by atoms with van der Waals surface area (Å²) < 4.78 is 35.4. The summed E-state index contributed by atoms with van der Waals surface area (Å²) in [5, 5.41) is 9.98. The molecule has 4 aliphatic rings. The number of halogens is 1. The highest BCUT2D eigenvalue weighted by Gasteiger charge is 2.67. The number of rotatable bonds is 11. The topological polar surface area (TPSA) is 129 Å². The fourth-order valence-corrected chi connectivity index (χ4v) is 12.3. The van der Waals surface area contributed by atoms with Crippen LogP contribution in [-0.4, -0.2) is 74.5 Å². The van der Waals surface area contributed by atoms with Crippen molar-refractivity contribution in [2.45, 2.75) is 56.8 Å². The summed E-state index contributed by atoms with van der Waals surface area (Å²) in [4.78, 5) is 63.0. The number of amides is 4. The van der Waals surface area contributed by atoms with Crippen LogP contribution in [0.2, 0.25) is 18.6 Å². The molecule has 4 atom stereocenters. The Bertz CT molecular complexity index is 2570. The largest absolute Gasteiger partial charge is 0.482 e. The Hall–Kier alpha value is -6.35. The van der Waals surface area contributed by atoms with E-state index in [1.807, 2.05) is 91.9 Å². The van der Waals surface area contributed by atoms with Crippen molar-refractivity contribution in [2.24, 2.45) is 5.92 Å². The van der Waals surface area contributed by atoms with E-state index in [-0.39, 0.29) is 63.6 Å². The predicted molar refractivity (Wildman–Crippen MR) is 234 cm³/mol. The number of hydrogen-bond acceptors (Lipinski definition) is 8. The Balaban J connectivity index is 1.12. The van der Waals surface area contributed by atoms with Gasteiger partial charge in [0.05, 0.1) is 42.7 Å². The first-order chi connectivity index (χ1) is 29.9. The molecule has 62 heavy (non-hydrogen) atoms. The zero-order chi connectivity index (χ0) is 43.3. The van der Waals surface area contributed by atoms with Gasteiger partial charge in [-0.25, -0.2) is 0 Å². The summed E-state index contributed by atoms with van der Waals surface area (Å²) in [6.07, 6.45) is -1.19. The van der Waals surface area contributed by atoms with Crippen LogP contribution in [0.4, 0.5) is 32.5 Å². The first-order valence-electron chi connectivity index (χ1n) is 20.8. The number of nitrogens with zero attached hydrogens (tertiary/aromatic N) is 4. The van der Waals surface area contributed by atoms with Gasteiger partial charge in [0.1, 0.15) is 11.5 Å². The van der Waals surface area contributed by atoms with E-state index in [1.54, 1.807) is 69.1 Å². The third-order valence-corrected chi connectivity index (χ3v) is 14.9. The molecule has 0 aliphatic carbocycles. The molecule has 4 amide bonds. The van der Waals surface area contributed by atoms with Crippen LogP contribution in [0.25, 0.3) is 0 Å². The van der Waals surface area contributed by atoms with E-state index < -0.39 is 37.5 Å². The second-order valence-electron chi connectivity index (χ2n) is 16.7. The van der Waals surface area contributed by atoms with Crippen LogP contribution in [-0.2, 0) is 42.6 Å². The van der Waals surface area contributed by atoms with Crippen molar-refractivity contribution in [3.8, 4) is 11.5 Å². The van der Waals surface area contributed by atoms with Crippen molar-refractivity contribution in [1.29, 1.82) is 0 Å². The van der Waals surface area contributed by atoms with Crippen LogP contribution in [0.3, 0.4) is 0 Å². The molecule has 0 aromatic heterocycles. The Morgan fingerprint density at radius 1 is 0.774 bits per heavy atom. The van der Waals surface area contributed by atoms with E-state index in [0.717, 1.165) is 5.56 Å². The summed E-state index contributed by atoms with van der Waals surface area (Å²) in [5.74, 6) is -0.931. The van der Waals surface area contributed by atoms with Gasteiger partial charge >= 0.3 is 0 Å². The predicted octanol–water partition coefficient (Wildman–Crippen LogP) is 7.53. The van der Waals surface area contributed by atoms with Crippen LogP contribution < -0.4 is 24.2 Å². The number of benzene rings is 5. The summed E-state index contributed by atoms with van der Waals surface area (Å²) in [5.41, 5.74) is 2.27. The summed E-state index contributed by atoms with van der Waals surface area (Å²) in [7, 11) is -3.70. The molecule has 5 aromatic rings. The molecule has 4 heterocycles. The van der Waals surface area contributed by atoms with E-state index >= 15 is 8.90 Å². The van der Waals surface area contributed by atoms with E-state index in [0.29, 0.717) is 51.1 Å². The Labute approximate surface area is 360 Å². The fraction of sp³-hybridized carbons (Fsp3) is 0.292. The zero-order valence-corrected chi connectivity index (χ0v) is 35.7. The average molecular weight is 855 g/mol. The highest BCUT2D eigenvalue weighted by atomic mass is 28.4. The number of anilines is 5. The first-order valence-corrected chi connectivity index (χ1v) is 23.8. The first kappa shape index (κ1) is 41.0. The normalized spacial score (nSPS) is 21.7. The van der Waals surface area contributed by atoms with Gasteiger partial charge in [-0.05, 0) is 78.8 Å². The number of aliphatic hydroxyl groups is 1. The minimum Gasteiger partial charge on any atom is -0.482 e. The van der Waals surface area contributed by atoms with Gasteiger partial charge in [-0.2, -0.15) is 0 Å². The van der Waals surface area contributed by atoms with Gasteiger partial charge < -0.3 is 33.2 Å². The lowest BCUT2D eigenvalue weighted by molar-refractivity contribution is -0.150. The molecule has 4 aliphatic heterocycles. The third kappa shape index (κ3) is 7.11. The average Bonchev–Trinajstić information content (AvgIpc) is 3.69. The quantitative estimate of drug-likeness (QED) is 0.107. The van der Waals surface area contributed by atoms with E-state index in [1.165, 1.54) is 0 Å². The Kier molecular flexibility index (Phi) is 10.7. The van der Waals surface area contributed by atoms with Crippen molar-refractivity contribution in [1.82, 2.24) is 4.90 Å². The molecule has 1 saturated heterocycles. The SMILES string of the molecule is C[C@@H]1[C@@H]([Si](C)(C)F)[C@H](CC(=O)N(CCO)Cc2ccccc2)O[C@@]12C(=O)N(Cc1cccc(N3C(=O)COc4ccccc43)c1)c1ccc(N3C(=O)COc4ccccc43)cc12. The summed E-state index contributed by atoms with van der Waals surface area (Å²) in [6, 6.07) is 36.7. The molecule has 0 radical (unpaired) electrons. The minimum absolute atomic E-state index is 0.0664. The molecule has 0 saturated carbocycles. The maximum Gasteiger partial charge on any atom is 0.269 e. The van der Waals surface area contributed by atoms with Crippen molar-refractivity contribution < 1.29 is 42.6 Å². The maximum atomic E-state index is 16.9. The zero-order valence-electron chi connectivity index (χ0n) is 34.7. The fourth-order valence-electron chi connectivity index (χ4n) is 9.80. The van der Waals surface area contributed by atoms with Crippen LogP contribution in [0.5, 0.6) is 11.5 Å². The number of fused-ring (bicyclic) bond motifs is 4. The highest BCUT2D eigenvalue weighted by Crippen LogP contribution is 2.61. The molecular weight excluding hydrogens is 808 g/mol. The summed E-state index contributed by atoms with van der Waals surface area (Å²) >= 11 is 0. The van der Waals surface area contributed by atoms with Gasteiger partial charge in [-0.3, -0.25) is 29.0 Å². The van der Waals surface area contributed by atoms with Crippen molar-refractivity contribution in [3.05, 3.63) is 138 Å². The lowest BCUT2D eigenvalue weighted by Gasteiger charge is -2.32. The lowest BCUT2D eigenvalue weighted by atomic mass is 9.82. The van der Waals surface area contributed by atoms with Crippen LogP contribution in [0, 0.1) is 5.92 Å². The molecule has 14 heteroatoms. The van der Waals surface area contributed by atoms with Crippen LogP contribution in [0.1, 0.15) is 30.0 Å².